The molecule has 3 aromatic rings. The lowest BCUT2D eigenvalue weighted by Gasteiger charge is -2.20. The molecule has 0 fully saturated rings. The van der Waals surface area contributed by atoms with Gasteiger partial charge in [-0.2, -0.15) is 0 Å². The van der Waals surface area contributed by atoms with Crippen molar-refractivity contribution in [1.82, 2.24) is 9.88 Å². The number of halogens is 2. The van der Waals surface area contributed by atoms with Gasteiger partial charge in [-0.3, -0.25) is 9.69 Å². The third-order valence-electron chi connectivity index (χ3n) is 4.43. The van der Waals surface area contributed by atoms with Crippen molar-refractivity contribution in [2.75, 3.05) is 46.3 Å². The maximum atomic E-state index is 13.5. The van der Waals surface area contributed by atoms with E-state index in [1.807, 2.05) is 25.1 Å². The molecule has 0 saturated heterocycles. The summed E-state index contributed by atoms with van der Waals surface area (Å²) in [5.41, 5.74) is 1.47. The summed E-state index contributed by atoms with van der Waals surface area (Å²) in [6.07, 6.45) is 3.23. The van der Waals surface area contributed by atoms with E-state index in [1.54, 1.807) is 43.4 Å². The van der Waals surface area contributed by atoms with Crippen LogP contribution in [0.4, 0.5) is 9.52 Å². The molecular weight excluding hydrogens is 441 g/mol. The number of aromatic nitrogens is 1. The second-order valence-corrected chi connectivity index (χ2v) is 7.86. The second-order valence-electron chi connectivity index (χ2n) is 6.85. The van der Waals surface area contributed by atoms with Gasteiger partial charge >= 0.3 is 0 Å². The zero-order chi connectivity index (χ0) is 21.7. The summed E-state index contributed by atoms with van der Waals surface area (Å²) in [4.78, 5) is 21.1. The SMILES string of the molecule is COc1ccc(C=CC(=O)N(CCN(C)C)c2nc3ccc(F)cc3s2)cc1OC.Cl. The van der Waals surface area contributed by atoms with Crippen LogP contribution in [0.25, 0.3) is 16.3 Å². The van der Waals surface area contributed by atoms with E-state index < -0.39 is 0 Å². The van der Waals surface area contributed by atoms with Gasteiger partial charge in [0.15, 0.2) is 16.6 Å². The van der Waals surface area contributed by atoms with Gasteiger partial charge in [0.2, 0.25) is 0 Å². The number of thiazole rings is 1. The van der Waals surface area contributed by atoms with Crippen LogP contribution >= 0.6 is 23.7 Å². The maximum Gasteiger partial charge on any atom is 0.252 e. The van der Waals surface area contributed by atoms with E-state index in [0.29, 0.717) is 39.9 Å². The highest BCUT2D eigenvalue weighted by Gasteiger charge is 2.18. The number of ether oxygens (including phenoxy) is 2. The number of fused-ring (bicyclic) bond motifs is 1. The highest BCUT2D eigenvalue weighted by Crippen LogP contribution is 2.30. The number of anilines is 1. The number of methoxy groups -OCH3 is 2. The molecule has 0 bridgehead atoms. The molecule has 3 rings (SSSR count). The lowest BCUT2D eigenvalue weighted by Crippen LogP contribution is -2.35. The van der Waals surface area contributed by atoms with E-state index >= 15 is 0 Å². The van der Waals surface area contributed by atoms with Crippen LogP contribution in [0.3, 0.4) is 0 Å². The number of amides is 1. The zero-order valence-electron chi connectivity index (χ0n) is 17.8. The van der Waals surface area contributed by atoms with Crippen molar-refractivity contribution in [3.05, 3.63) is 53.9 Å². The number of carbonyl (C=O) groups is 1. The monoisotopic (exact) mass is 465 g/mol. The highest BCUT2D eigenvalue weighted by atomic mass is 35.5. The Balaban J connectivity index is 0.00000341. The summed E-state index contributed by atoms with van der Waals surface area (Å²) in [5.74, 6) is 0.684. The van der Waals surface area contributed by atoms with Crippen LogP contribution < -0.4 is 14.4 Å². The molecule has 2 aromatic carbocycles. The first-order valence-electron chi connectivity index (χ1n) is 9.33. The first-order chi connectivity index (χ1) is 14.4. The normalized spacial score (nSPS) is 11.0. The molecule has 0 atom stereocenters. The minimum Gasteiger partial charge on any atom is -0.493 e. The summed E-state index contributed by atoms with van der Waals surface area (Å²) >= 11 is 1.30. The first kappa shape index (κ1) is 24.6. The van der Waals surface area contributed by atoms with E-state index in [2.05, 4.69) is 4.98 Å². The van der Waals surface area contributed by atoms with E-state index in [0.717, 1.165) is 5.56 Å². The molecule has 0 spiro atoms. The molecule has 0 unspecified atom stereocenters. The highest BCUT2D eigenvalue weighted by molar-refractivity contribution is 7.22. The van der Waals surface area contributed by atoms with Gasteiger partial charge in [-0.25, -0.2) is 9.37 Å². The van der Waals surface area contributed by atoms with Crippen LogP contribution in [0.5, 0.6) is 11.5 Å². The molecule has 0 aliphatic heterocycles. The Kier molecular flexibility index (Phi) is 8.79. The van der Waals surface area contributed by atoms with Crippen LogP contribution in [0.1, 0.15) is 5.56 Å². The van der Waals surface area contributed by atoms with Crippen molar-refractivity contribution in [3.63, 3.8) is 0 Å². The lowest BCUT2D eigenvalue weighted by atomic mass is 10.2. The van der Waals surface area contributed by atoms with Crippen molar-refractivity contribution < 1.29 is 18.7 Å². The molecule has 6 nitrogen and oxygen atoms in total. The smallest absolute Gasteiger partial charge is 0.252 e. The van der Waals surface area contributed by atoms with Crippen molar-refractivity contribution in [2.45, 2.75) is 0 Å². The predicted molar refractivity (Wildman–Crippen MR) is 126 cm³/mol. The van der Waals surface area contributed by atoms with Gasteiger partial charge < -0.3 is 14.4 Å². The third-order valence-corrected chi connectivity index (χ3v) is 5.47. The molecule has 0 saturated carbocycles. The molecule has 9 heteroatoms. The van der Waals surface area contributed by atoms with E-state index in [9.17, 15) is 9.18 Å². The molecule has 1 aromatic heterocycles. The van der Waals surface area contributed by atoms with E-state index in [4.69, 9.17) is 9.47 Å². The van der Waals surface area contributed by atoms with Crippen LogP contribution in [0, 0.1) is 5.82 Å². The van der Waals surface area contributed by atoms with Crippen molar-refractivity contribution in [2.24, 2.45) is 0 Å². The fourth-order valence-corrected chi connectivity index (χ4v) is 3.84. The summed E-state index contributed by atoms with van der Waals surface area (Å²) < 4.78 is 24.8. The lowest BCUT2D eigenvalue weighted by molar-refractivity contribution is -0.114. The van der Waals surface area contributed by atoms with Crippen LogP contribution in [0.2, 0.25) is 0 Å². The number of hydrogen-bond acceptors (Lipinski definition) is 6. The van der Waals surface area contributed by atoms with Gasteiger partial charge in [0.1, 0.15) is 5.82 Å². The Hall–Kier alpha value is -2.68. The fraction of sp³-hybridized carbons (Fsp3) is 0.273. The number of nitrogens with zero attached hydrogens (tertiary/aromatic N) is 3. The second kappa shape index (κ2) is 11.1. The third kappa shape index (κ3) is 6.16. The minimum absolute atomic E-state index is 0. The summed E-state index contributed by atoms with van der Waals surface area (Å²) in [6.45, 7) is 1.13. The number of benzene rings is 2. The number of likely N-dealkylation sites (N-methyl/N-ethyl adjacent to an activating group) is 1. The fourth-order valence-electron chi connectivity index (χ4n) is 2.82. The van der Waals surface area contributed by atoms with Gasteiger partial charge in [-0.1, -0.05) is 17.4 Å². The Labute approximate surface area is 191 Å². The maximum absolute atomic E-state index is 13.5. The van der Waals surface area contributed by atoms with Gasteiger partial charge in [0, 0.05) is 19.2 Å². The summed E-state index contributed by atoms with van der Waals surface area (Å²) in [6, 6.07) is 9.86. The number of hydrogen-bond donors (Lipinski definition) is 0. The van der Waals surface area contributed by atoms with Gasteiger partial charge in [0.25, 0.3) is 5.91 Å². The number of carbonyl (C=O) groups excluding carboxylic acids is 1. The molecule has 0 aliphatic carbocycles. The average molecular weight is 466 g/mol. The largest absolute Gasteiger partial charge is 0.493 e. The quantitative estimate of drug-likeness (QED) is 0.459. The molecule has 1 amide bonds. The van der Waals surface area contributed by atoms with Crippen LogP contribution in [0.15, 0.2) is 42.5 Å². The zero-order valence-corrected chi connectivity index (χ0v) is 19.4. The molecule has 166 valence electrons. The van der Waals surface area contributed by atoms with E-state index in [1.165, 1.54) is 29.5 Å². The Bertz CT molecular complexity index is 1070. The van der Waals surface area contributed by atoms with Gasteiger partial charge in [-0.05, 0) is 56.1 Å². The average Bonchev–Trinajstić information content (AvgIpc) is 3.14. The molecule has 0 N–H and O–H groups in total. The van der Waals surface area contributed by atoms with Crippen LogP contribution in [-0.4, -0.2) is 57.2 Å². The van der Waals surface area contributed by atoms with Gasteiger partial charge in [0.05, 0.1) is 24.4 Å². The molecule has 31 heavy (non-hydrogen) atoms. The predicted octanol–water partition coefficient (Wildman–Crippen LogP) is 4.48. The summed E-state index contributed by atoms with van der Waals surface area (Å²) in [5, 5.41) is 0.541. The van der Waals surface area contributed by atoms with Crippen molar-refractivity contribution >= 4 is 51.1 Å². The van der Waals surface area contributed by atoms with Crippen molar-refractivity contribution in [3.8, 4) is 11.5 Å². The standard InChI is InChI=1S/C22H24FN3O3S.ClH/c1-25(2)11-12-26(22-24-17-8-7-16(23)14-20(17)30-22)21(27)10-6-15-5-9-18(28-3)19(13-15)29-4;/h5-10,13-14H,11-12H2,1-4H3;1H. The van der Waals surface area contributed by atoms with Crippen LogP contribution in [-0.2, 0) is 4.79 Å². The number of rotatable bonds is 8. The molecule has 0 radical (unpaired) electrons. The van der Waals surface area contributed by atoms with Gasteiger partial charge in [-0.15, -0.1) is 12.4 Å². The van der Waals surface area contributed by atoms with E-state index in [-0.39, 0.29) is 24.1 Å². The Morgan fingerprint density at radius 3 is 2.52 bits per heavy atom. The van der Waals surface area contributed by atoms with Crippen molar-refractivity contribution in [1.29, 1.82) is 0 Å². The molecular formula is C22H25ClFN3O3S. The summed E-state index contributed by atoms with van der Waals surface area (Å²) in [7, 11) is 7.02. The molecule has 1 heterocycles. The Morgan fingerprint density at radius 2 is 1.84 bits per heavy atom. The Morgan fingerprint density at radius 1 is 1.10 bits per heavy atom. The molecule has 0 aliphatic rings. The topological polar surface area (TPSA) is 54.9 Å². The first-order valence-corrected chi connectivity index (χ1v) is 10.2. The minimum atomic E-state index is -0.322.